The van der Waals surface area contributed by atoms with Crippen LogP contribution in [0.15, 0.2) is 23.1 Å². The number of carbonyl (C=O) groups is 2. The zero-order valence-electron chi connectivity index (χ0n) is 13.5. The average Bonchev–Trinajstić information content (AvgIpc) is 2.49. The lowest BCUT2D eigenvalue weighted by atomic mass is 10.0. The van der Waals surface area contributed by atoms with E-state index in [0.717, 1.165) is 0 Å². The van der Waals surface area contributed by atoms with Gasteiger partial charge in [0.15, 0.2) is 0 Å². The Morgan fingerprint density at radius 1 is 1.35 bits per heavy atom. The fraction of sp³-hybridized carbons (Fsp3) is 0.467. The van der Waals surface area contributed by atoms with Gasteiger partial charge < -0.3 is 10.1 Å². The molecular formula is C15H20N2O5S. The first-order chi connectivity index (χ1) is 10.6. The Labute approximate surface area is 135 Å². The van der Waals surface area contributed by atoms with Gasteiger partial charge in [-0.15, -0.1) is 0 Å². The van der Waals surface area contributed by atoms with Gasteiger partial charge in [-0.1, -0.05) is 6.07 Å². The molecule has 7 nitrogen and oxygen atoms in total. The van der Waals surface area contributed by atoms with Gasteiger partial charge in [-0.25, -0.2) is 13.2 Å². The van der Waals surface area contributed by atoms with Crippen molar-refractivity contribution in [1.82, 2.24) is 9.62 Å². The van der Waals surface area contributed by atoms with Gasteiger partial charge in [0.25, 0.3) is 0 Å². The van der Waals surface area contributed by atoms with E-state index < -0.39 is 21.5 Å². The van der Waals surface area contributed by atoms with E-state index in [0.29, 0.717) is 5.56 Å². The second-order valence-corrected chi connectivity index (χ2v) is 7.64. The number of benzene rings is 1. The molecule has 0 atom stereocenters. The van der Waals surface area contributed by atoms with Crippen molar-refractivity contribution in [2.45, 2.75) is 31.2 Å². The third-order valence-electron chi connectivity index (χ3n) is 4.04. The number of nitrogens with zero attached hydrogens (tertiary/aromatic N) is 1. The second kappa shape index (κ2) is 5.93. The molecule has 0 aliphatic carbocycles. The van der Waals surface area contributed by atoms with Crippen molar-refractivity contribution in [3.63, 3.8) is 0 Å². The van der Waals surface area contributed by atoms with Crippen LogP contribution >= 0.6 is 0 Å². The minimum absolute atomic E-state index is 0.00294. The molecule has 8 heteroatoms. The predicted octanol–water partition coefficient (Wildman–Crippen LogP) is 0.681. The maximum absolute atomic E-state index is 13.0. The molecule has 1 aromatic rings. The molecule has 0 spiro atoms. The van der Waals surface area contributed by atoms with E-state index in [1.807, 2.05) is 0 Å². The Bertz CT molecular complexity index is 755. The van der Waals surface area contributed by atoms with Crippen LogP contribution in [0.5, 0.6) is 0 Å². The molecule has 1 aliphatic heterocycles. The normalized spacial score (nSPS) is 18.3. The molecule has 2 rings (SSSR count). The molecule has 0 unspecified atom stereocenters. The molecule has 1 fully saturated rings. The highest BCUT2D eigenvalue weighted by Gasteiger charge is 2.45. The van der Waals surface area contributed by atoms with E-state index in [9.17, 15) is 18.0 Å². The summed E-state index contributed by atoms with van der Waals surface area (Å²) in [6, 6.07) is 4.43. The summed E-state index contributed by atoms with van der Waals surface area (Å²) in [6.45, 7) is 5.08. The molecule has 126 valence electrons. The first-order valence-corrected chi connectivity index (χ1v) is 8.57. The van der Waals surface area contributed by atoms with Crippen molar-refractivity contribution in [1.29, 1.82) is 0 Å². The Kier molecular flexibility index (Phi) is 4.50. The minimum atomic E-state index is -3.93. The van der Waals surface area contributed by atoms with E-state index in [1.54, 1.807) is 20.8 Å². The van der Waals surface area contributed by atoms with Gasteiger partial charge in [0.1, 0.15) is 5.54 Å². The van der Waals surface area contributed by atoms with Gasteiger partial charge in [0, 0.05) is 13.1 Å². The number of amides is 1. The Morgan fingerprint density at radius 2 is 2.00 bits per heavy atom. The van der Waals surface area contributed by atoms with Crippen molar-refractivity contribution in [3.05, 3.63) is 29.3 Å². The van der Waals surface area contributed by atoms with Gasteiger partial charge in [-0.3, -0.25) is 4.79 Å². The van der Waals surface area contributed by atoms with Crippen molar-refractivity contribution in [2.24, 2.45) is 0 Å². The van der Waals surface area contributed by atoms with Gasteiger partial charge in [0.2, 0.25) is 15.9 Å². The summed E-state index contributed by atoms with van der Waals surface area (Å²) < 4.78 is 31.9. The van der Waals surface area contributed by atoms with Crippen molar-refractivity contribution >= 4 is 21.9 Å². The maximum Gasteiger partial charge on any atom is 0.338 e. The number of hydrogen-bond acceptors (Lipinski definition) is 5. The molecular weight excluding hydrogens is 320 g/mol. The van der Waals surface area contributed by atoms with Crippen molar-refractivity contribution in [2.75, 3.05) is 20.2 Å². The van der Waals surface area contributed by atoms with Crippen LogP contribution in [0.4, 0.5) is 0 Å². The molecule has 1 saturated heterocycles. The second-order valence-electron chi connectivity index (χ2n) is 5.81. The van der Waals surface area contributed by atoms with E-state index in [-0.39, 0.29) is 29.5 Å². The van der Waals surface area contributed by atoms with E-state index >= 15 is 0 Å². The molecule has 0 bridgehead atoms. The molecule has 1 aromatic carbocycles. The van der Waals surface area contributed by atoms with Crippen LogP contribution in [0.3, 0.4) is 0 Å². The number of sulfonamides is 1. The number of nitrogens with one attached hydrogen (secondary N) is 1. The number of rotatable bonds is 3. The first kappa shape index (κ1) is 17.4. The maximum atomic E-state index is 13.0. The Morgan fingerprint density at radius 3 is 2.61 bits per heavy atom. The zero-order chi connectivity index (χ0) is 17.4. The lowest BCUT2D eigenvalue weighted by Gasteiger charge is -2.40. The summed E-state index contributed by atoms with van der Waals surface area (Å²) in [5, 5.41) is 2.66. The average molecular weight is 340 g/mol. The summed E-state index contributed by atoms with van der Waals surface area (Å²) in [7, 11) is -2.70. The first-order valence-electron chi connectivity index (χ1n) is 7.13. The summed E-state index contributed by atoms with van der Waals surface area (Å²) in [6.07, 6.45) is 0. The van der Waals surface area contributed by atoms with Crippen LogP contribution in [-0.4, -0.2) is 50.3 Å². The number of esters is 1. The number of ether oxygens (including phenoxy) is 1. The van der Waals surface area contributed by atoms with Gasteiger partial charge in [-0.2, -0.15) is 4.31 Å². The highest BCUT2D eigenvalue weighted by atomic mass is 32.2. The van der Waals surface area contributed by atoms with Gasteiger partial charge in [-0.05, 0) is 38.5 Å². The summed E-state index contributed by atoms with van der Waals surface area (Å²) in [4.78, 5) is 23.8. The SMILES string of the molecule is COC(=O)c1cccc(S(=O)(=O)N2CCNC(=O)C2(C)C)c1C. The molecule has 1 aliphatic rings. The molecule has 0 saturated carbocycles. The molecule has 0 radical (unpaired) electrons. The summed E-state index contributed by atoms with van der Waals surface area (Å²) >= 11 is 0. The lowest BCUT2D eigenvalue weighted by Crippen LogP contribution is -2.63. The number of carbonyl (C=O) groups excluding carboxylic acids is 2. The molecule has 1 heterocycles. The van der Waals surface area contributed by atoms with Gasteiger partial charge >= 0.3 is 5.97 Å². The van der Waals surface area contributed by atoms with Crippen molar-refractivity contribution in [3.8, 4) is 0 Å². The summed E-state index contributed by atoms with van der Waals surface area (Å²) in [5.74, 6) is -0.954. The minimum Gasteiger partial charge on any atom is -0.465 e. The van der Waals surface area contributed by atoms with Crippen LogP contribution in [-0.2, 0) is 19.6 Å². The molecule has 1 N–H and O–H groups in total. The molecule has 1 amide bonds. The highest BCUT2D eigenvalue weighted by molar-refractivity contribution is 7.89. The van der Waals surface area contributed by atoms with Crippen molar-refractivity contribution < 1.29 is 22.7 Å². The van der Waals surface area contributed by atoms with E-state index in [4.69, 9.17) is 0 Å². The molecule has 0 aromatic heterocycles. The monoisotopic (exact) mass is 340 g/mol. The fourth-order valence-electron chi connectivity index (χ4n) is 2.64. The standard InChI is InChI=1S/C15H20N2O5S/c1-10-11(13(18)22-4)6-5-7-12(10)23(20,21)17-9-8-16-14(19)15(17,2)3/h5-7H,8-9H2,1-4H3,(H,16,19). The zero-order valence-corrected chi connectivity index (χ0v) is 14.4. The smallest absolute Gasteiger partial charge is 0.338 e. The number of piperazine rings is 1. The van der Waals surface area contributed by atoms with E-state index in [1.165, 1.54) is 29.6 Å². The largest absolute Gasteiger partial charge is 0.465 e. The third-order valence-corrected chi connectivity index (χ3v) is 6.25. The lowest BCUT2D eigenvalue weighted by molar-refractivity contribution is -0.131. The number of methoxy groups -OCH3 is 1. The highest BCUT2D eigenvalue weighted by Crippen LogP contribution is 2.29. The summed E-state index contributed by atoms with van der Waals surface area (Å²) in [5.41, 5.74) is -0.709. The predicted molar refractivity (Wildman–Crippen MR) is 83.5 cm³/mol. The van der Waals surface area contributed by atoms with Crippen LogP contribution in [0, 0.1) is 6.92 Å². The Balaban J connectivity index is 2.57. The molecule has 23 heavy (non-hydrogen) atoms. The van der Waals surface area contributed by atoms with Crippen LogP contribution in [0.1, 0.15) is 29.8 Å². The van der Waals surface area contributed by atoms with Crippen LogP contribution < -0.4 is 5.32 Å². The van der Waals surface area contributed by atoms with Crippen LogP contribution in [0.25, 0.3) is 0 Å². The number of hydrogen-bond donors (Lipinski definition) is 1. The topological polar surface area (TPSA) is 92.8 Å². The van der Waals surface area contributed by atoms with Gasteiger partial charge in [0.05, 0.1) is 17.6 Å². The quantitative estimate of drug-likeness (QED) is 0.817. The Hall–Kier alpha value is -1.93. The fourth-order valence-corrected chi connectivity index (χ4v) is 4.64. The van der Waals surface area contributed by atoms with Crippen LogP contribution in [0.2, 0.25) is 0 Å². The third kappa shape index (κ3) is 2.84. The van der Waals surface area contributed by atoms with E-state index in [2.05, 4.69) is 10.1 Å².